The first kappa shape index (κ1) is 17.5. The van der Waals surface area contributed by atoms with E-state index in [1.165, 1.54) is 31.2 Å². The van der Waals surface area contributed by atoms with Crippen LogP contribution in [0.5, 0.6) is 0 Å². The van der Waals surface area contributed by atoms with Gasteiger partial charge in [-0.25, -0.2) is 5.43 Å². The first-order valence-electron chi connectivity index (χ1n) is 9.23. The van der Waals surface area contributed by atoms with E-state index in [4.69, 9.17) is 4.42 Å². The fourth-order valence-corrected chi connectivity index (χ4v) is 4.43. The van der Waals surface area contributed by atoms with Gasteiger partial charge in [-0.3, -0.25) is 4.79 Å². The smallest absolute Gasteiger partial charge is 0.244 e. The molecule has 3 atom stereocenters. The molecule has 2 aliphatic carbocycles. The zero-order valence-corrected chi connectivity index (χ0v) is 15.1. The molecule has 2 aliphatic rings. The van der Waals surface area contributed by atoms with Crippen molar-refractivity contribution in [2.75, 3.05) is 0 Å². The first-order valence-corrected chi connectivity index (χ1v) is 9.23. The minimum absolute atomic E-state index is 0.00898. The molecule has 2 saturated carbocycles. The Labute approximate surface area is 157 Å². The van der Waals surface area contributed by atoms with Crippen molar-refractivity contribution in [2.24, 2.45) is 22.4 Å². The van der Waals surface area contributed by atoms with Crippen LogP contribution in [0.4, 0.5) is 0 Å². The molecule has 1 N–H and O–H groups in total. The predicted octanol–water partition coefficient (Wildman–Crippen LogP) is 2.59. The van der Waals surface area contributed by atoms with Crippen LogP contribution < -0.4 is 10.5 Å². The molecule has 2 fully saturated rings. The number of carboxylic acid groups (broad SMARTS) is 1. The molecule has 0 bridgehead atoms. The van der Waals surface area contributed by atoms with Crippen molar-refractivity contribution < 1.29 is 19.1 Å². The van der Waals surface area contributed by atoms with E-state index in [-0.39, 0.29) is 22.8 Å². The van der Waals surface area contributed by atoms with E-state index < -0.39 is 5.97 Å². The molecule has 1 aromatic heterocycles. The molecular weight excluding hydrogens is 344 g/mol. The van der Waals surface area contributed by atoms with Crippen LogP contribution in [-0.2, 0) is 4.79 Å². The standard InChI is InChI=1S/C21H22N2O4/c1-21-11-3-2-4-16(21)18(21)19(24)23-22-12-15-9-10-17(27-15)13-5-7-14(8-6-13)20(25)26/h5-10,12,16,18H,2-4,11H2,1H3,(H,23,24)(H,25,26)/p-1/b22-12-/t16-,18+,21-/m0/s1. The second kappa shape index (κ2) is 6.68. The minimum Gasteiger partial charge on any atom is -0.545 e. The fraction of sp³-hybridized carbons (Fsp3) is 0.381. The van der Waals surface area contributed by atoms with Gasteiger partial charge in [-0.2, -0.15) is 5.10 Å². The summed E-state index contributed by atoms with van der Waals surface area (Å²) in [5, 5.41) is 14.8. The van der Waals surface area contributed by atoms with Gasteiger partial charge in [0.15, 0.2) is 0 Å². The van der Waals surface area contributed by atoms with Crippen molar-refractivity contribution in [1.29, 1.82) is 0 Å². The van der Waals surface area contributed by atoms with E-state index in [0.29, 0.717) is 17.4 Å². The molecular formula is C21H21N2O4-. The number of nitrogens with one attached hydrogen (secondary N) is 1. The number of hydrogen-bond donors (Lipinski definition) is 1. The lowest BCUT2D eigenvalue weighted by atomic mass is 9.90. The van der Waals surface area contributed by atoms with Gasteiger partial charge in [0.05, 0.1) is 12.2 Å². The fourth-order valence-electron chi connectivity index (χ4n) is 4.43. The number of hydrazone groups is 1. The Kier molecular flexibility index (Phi) is 4.34. The third kappa shape index (κ3) is 3.27. The van der Waals surface area contributed by atoms with E-state index in [2.05, 4.69) is 17.5 Å². The summed E-state index contributed by atoms with van der Waals surface area (Å²) in [6.45, 7) is 2.20. The van der Waals surface area contributed by atoms with Crippen molar-refractivity contribution in [3.8, 4) is 11.3 Å². The van der Waals surface area contributed by atoms with E-state index in [1.54, 1.807) is 24.3 Å². The lowest BCUT2D eigenvalue weighted by Gasteiger charge is -2.15. The number of benzene rings is 1. The Morgan fingerprint density at radius 1 is 1.22 bits per heavy atom. The number of amides is 1. The highest BCUT2D eigenvalue weighted by Crippen LogP contribution is 2.66. The lowest BCUT2D eigenvalue weighted by Crippen LogP contribution is -2.22. The van der Waals surface area contributed by atoms with Gasteiger partial charge >= 0.3 is 0 Å². The van der Waals surface area contributed by atoms with Crippen LogP contribution in [0.2, 0.25) is 0 Å². The maximum absolute atomic E-state index is 12.4. The van der Waals surface area contributed by atoms with Gasteiger partial charge in [-0.1, -0.05) is 44.0 Å². The molecule has 27 heavy (non-hydrogen) atoms. The Hall–Kier alpha value is -2.89. The predicted molar refractivity (Wildman–Crippen MR) is 97.8 cm³/mol. The first-order chi connectivity index (χ1) is 13.0. The third-order valence-electron chi connectivity index (χ3n) is 6.01. The van der Waals surface area contributed by atoms with E-state index in [9.17, 15) is 14.7 Å². The number of carboxylic acids is 1. The van der Waals surface area contributed by atoms with E-state index in [0.717, 1.165) is 18.4 Å². The zero-order valence-electron chi connectivity index (χ0n) is 15.1. The van der Waals surface area contributed by atoms with Crippen LogP contribution in [0.1, 0.15) is 48.7 Å². The summed E-state index contributed by atoms with van der Waals surface area (Å²) in [6, 6.07) is 9.77. The lowest BCUT2D eigenvalue weighted by molar-refractivity contribution is -0.255. The van der Waals surface area contributed by atoms with Gasteiger partial charge in [0.25, 0.3) is 0 Å². The highest BCUT2D eigenvalue weighted by Gasteiger charge is 2.64. The quantitative estimate of drug-likeness (QED) is 0.651. The highest BCUT2D eigenvalue weighted by molar-refractivity contribution is 5.87. The van der Waals surface area contributed by atoms with Crippen LogP contribution in [0.15, 0.2) is 45.9 Å². The average Bonchev–Trinajstić information content (AvgIpc) is 3.03. The molecule has 4 rings (SSSR count). The Morgan fingerprint density at radius 3 is 2.67 bits per heavy atom. The monoisotopic (exact) mass is 365 g/mol. The summed E-state index contributed by atoms with van der Waals surface area (Å²) >= 11 is 0. The molecule has 6 nitrogen and oxygen atoms in total. The van der Waals surface area contributed by atoms with Gasteiger partial charge in [0, 0.05) is 11.5 Å². The molecule has 140 valence electrons. The molecule has 0 saturated heterocycles. The Morgan fingerprint density at radius 2 is 2.00 bits per heavy atom. The number of carbonyl (C=O) groups excluding carboxylic acids is 2. The summed E-state index contributed by atoms with van der Waals surface area (Å²) in [5.74, 6) is 0.452. The summed E-state index contributed by atoms with van der Waals surface area (Å²) in [7, 11) is 0. The van der Waals surface area contributed by atoms with Crippen LogP contribution in [-0.4, -0.2) is 18.1 Å². The number of aromatic carboxylic acids is 1. The van der Waals surface area contributed by atoms with Crippen molar-refractivity contribution >= 4 is 18.1 Å². The molecule has 1 amide bonds. The molecule has 6 heteroatoms. The molecule has 0 spiro atoms. The van der Waals surface area contributed by atoms with Gasteiger partial charge in [0.1, 0.15) is 11.5 Å². The second-order valence-corrected chi connectivity index (χ2v) is 7.64. The average molecular weight is 365 g/mol. The molecule has 0 aliphatic heterocycles. The molecule has 1 heterocycles. The van der Waals surface area contributed by atoms with Crippen LogP contribution in [0.3, 0.4) is 0 Å². The number of carbonyl (C=O) groups is 2. The molecule has 0 radical (unpaired) electrons. The van der Waals surface area contributed by atoms with Crippen LogP contribution >= 0.6 is 0 Å². The van der Waals surface area contributed by atoms with Crippen molar-refractivity contribution in [3.05, 3.63) is 47.7 Å². The van der Waals surface area contributed by atoms with Gasteiger partial charge < -0.3 is 14.3 Å². The second-order valence-electron chi connectivity index (χ2n) is 7.64. The normalized spacial score (nSPS) is 26.6. The number of fused-ring (bicyclic) bond motifs is 1. The van der Waals surface area contributed by atoms with Gasteiger partial charge in [0.2, 0.25) is 5.91 Å². The largest absolute Gasteiger partial charge is 0.545 e. The summed E-state index contributed by atoms with van der Waals surface area (Å²) in [6.07, 6.45) is 6.16. The SMILES string of the molecule is C[C@]12CCCC[C@H]1[C@@H]2C(=O)N/N=C\c1ccc(-c2ccc(C(=O)[O-])cc2)o1. The number of furan rings is 1. The third-order valence-corrected chi connectivity index (χ3v) is 6.01. The zero-order chi connectivity index (χ0) is 19.0. The summed E-state index contributed by atoms with van der Waals surface area (Å²) in [5.41, 5.74) is 3.67. The highest BCUT2D eigenvalue weighted by atomic mass is 16.4. The molecule has 1 aromatic carbocycles. The Bertz CT molecular complexity index is 899. The minimum atomic E-state index is -1.21. The maximum atomic E-state index is 12.4. The summed E-state index contributed by atoms with van der Waals surface area (Å²) < 4.78 is 5.68. The topological polar surface area (TPSA) is 94.7 Å². The molecule has 0 unspecified atom stereocenters. The van der Waals surface area contributed by atoms with Gasteiger partial charge in [-0.15, -0.1) is 0 Å². The summed E-state index contributed by atoms with van der Waals surface area (Å²) in [4.78, 5) is 23.2. The van der Waals surface area contributed by atoms with Crippen molar-refractivity contribution in [2.45, 2.75) is 32.6 Å². The number of nitrogens with zero attached hydrogens (tertiary/aromatic N) is 1. The van der Waals surface area contributed by atoms with Crippen LogP contribution in [0, 0.1) is 17.3 Å². The van der Waals surface area contributed by atoms with E-state index >= 15 is 0 Å². The number of rotatable bonds is 5. The number of hydrogen-bond acceptors (Lipinski definition) is 5. The van der Waals surface area contributed by atoms with E-state index in [1.807, 2.05) is 0 Å². The van der Waals surface area contributed by atoms with Crippen molar-refractivity contribution in [3.63, 3.8) is 0 Å². The van der Waals surface area contributed by atoms with Crippen molar-refractivity contribution in [1.82, 2.24) is 5.43 Å². The maximum Gasteiger partial charge on any atom is 0.244 e. The molecule has 2 aromatic rings. The Balaban J connectivity index is 1.36. The van der Waals surface area contributed by atoms with Crippen LogP contribution in [0.25, 0.3) is 11.3 Å². The van der Waals surface area contributed by atoms with Gasteiger partial charge in [-0.05, 0) is 41.9 Å².